The van der Waals surface area contributed by atoms with Gasteiger partial charge in [0.1, 0.15) is 5.82 Å². The van der Waals surface area contributed by atoms with Gasteiger partial charge in [-0.25, -0.2) is 9.97 Å². The van der Waals surface area contributed by atoms with E-state index in [0.717, 1.165) is 28.1 Å². The lowest BCUT2D eigenvalue weighted by Gasteiger charge is -2.24. The van der Waals surface area contributed by atoms with Crippen molar-refractivity contribution in [3.8, 4) is 11.4 Å². The van der Waals surface area contributed by atoms with Gasteiger partial charge in [-0.05, 0) is 37.1 Å². The summed E-state index contributed by atoms with van der Waals surface area (Å²) in [5.74, 6) is 1.68. The first-order valence-electron chi connectivity index (χ1n) is 8.34. The third-order valence-corrected chi connectivity index (χ3v) is 4.47. The SMILES string of the molecule is c1cncc(-c2nc(NC3CCCCC3)c3ccccc3n2)c1. The normalized spacial score (nSPS) is 15.7. The number of hydrogen-bond donors (Lipinski definition) is 1. The van der Waals surface area contributed by atoms with E-state index in [9.17, 15) is 0 Å². The van der Waals surface area contributed by atoms with Crippen molar-refractivity contribution in [1.82, 2.24) is 15.0 Å². The number of nitrogens with one attached hydrogen (secondary N) is 1. The van der Waals surface area contributed by atoms with Crippen molar-refractivity contribution in [2.24, 2.45) is 0 Å². The molecule has 4 nitrogen and oxygen atoms in total. The molecule has 0 atom stereocenters. The van der Waals surface area contributed by atoms with E-state index in [2.05, 4.69) is 16.4 Å². The summed E-state index contributed by atoms with van der Waals surface area (Å²) in [5.41, 5.74) is 1.92. The number of para-hydroxylation sites is 1. The minimum atomic E-state index is 0.517. The van der Waals surface area contributed by atoms with Gasteiger partial charge < -0.3 is 5.32 Å². The van der Waals surface area contributed by atoms with Crippen LogP contribution < -0.4 is 5.32 Å². The molecule has 23 heavy (non-hydrogen) atoms. The Hall–Kier alpha value is -2.49. The zero-order valence-corrected chi connectivity index (χ0v) is 13.1. The maximum atomic E-state index is 4.80. The first kappa shape index (κ1) is 14.1. The molecule has 0 saturated heterocycles. The van der Waals surface area contributed by atoms with Crippen LogP contribution in [0.3, 0.4) is 0 Å². The fraction of sp³-hybridized carbons (Fsp3) is 0.316. The van der Waals surface area contributed by atoms with Crippen LogP contribution in [0.2, 0.25) is 0 Å². The van der Waals surface area contributed by atoms with Crippen molar-refractivity contribution in [2.75, 3.05) is 5.32 Å². The summed E-state index contributed by atoms with van der Waals surface area (Å²) >= 11 is 0. The van der Waals surface area contributed by atoms with E-state index in [1.54, 1.807) is 6.20 Å². The molecular formula is C19H20N4. The molecular weight excluding hydrogens is 284 g/mol. The first-order valence-corrected chi connectivity index (χ1v) is 8.34. The third-order valence-electron chi connectivity index (χ3n) is 4.47. The second-order valence-electron chi connectivity index (χ2n) is 6.13. The second-order valence-corrected chi connectivity index (χ2v) is 6.13. The highest BCUT2D eigenvalue weighted by Gasteiger charge is 2.16. The van der Waals surface area contributed by atoms with Crippen molar-refractivity contribution in [3.05, 3.63) is 48.8 Å². The fourth-order valence-electron chi connectivity index (χ4n) is 3.25. The van der Waals surface area contributed by atoms with Crippen LogP contribution >= 0.6 is 0 Å². The highest BCUT2D eigenvalue weighted by atomic mass is 15.1. The quantitative estimate of drug-likeness (QED) is 0.777. The molecule has 1 N–H and O–H groups in total. The highest BCUT2D eigenvalue weighted by Crippen LogP contribution is 2.27. The van der Waals surface area contributed by atoms with Crippen LogP contribution in [0.1, 0.15) is 32.1 Å². The lowest BCUT2D eigenvalue weighted by atomic mass is 9.95. The summed E-state index contributed by atoms with van der Waals surface area (Å²) in [6.07, 6.45) is 9.98. The maximum Gasteiger partial charge on any atom is 0.163 e. The van der Waals surface area contributed by atoms with E-state index in [4.69, 9.17) is 9.97 Å². The molecule has 0 bridgehead atoms. The van der Waals surface area contributed by atoms with Gasteiger partial charge in [0.25, 0.3) is 0 Å². The van der Waals surface area contributed by atoms with Crippen LogP contribution in [0.4, 0.5) is 5.82 Å². The Morgan fingerprint density at radius 2 is 1.78 bits per heavy atom. The zero-order valence-electron chi connectivity index (χ0n) is 13.1. The van der Waals surface area contributed by atoms with Crippen molar-refractivity contribution < 1.29 is 0 Å². The molecule has 1 aromatic carbocycles. The number of hydrogen-bond acceptors (Lipinski definition) is 4. The molecule has 0 spiro atoms. The molecule has 4 heteroatoms. The number of pyridine rings is 1. The highest BCUT2D eigenvalue weighted by molar-refractivity contribution is 5.90. The van der Waals surface area contributed by atoms with E-state index in [1.165, 1.54) is 32.1 Å². The van der Waals surface area contributed by atoms with Gasteiger partial charge in [0.05, 0.1) is 5.52 Å². The van der Waals surface area contributed by atoms with Crippen LogP contribution in [0.5, 0.6) is 0 Å². The minimum absolute atomic E-state index is 0.517. The Kier molecular flexibility index (Phi) is 3.88. The summed E-state index contributed by atoms with van der Waals surface area (Å²) < 4.78 is 0. The van der Waals surface area contributed by atoms with Crippen LogP contribution in [0.15, 0.2) is 48.8 Å². The number of rotatable bonds is 3. The van der Waals surface area contributed by atoms with Gasteiger partial charge in [0.15, 0.2) is 5.82 Å². The number of nitrogens with zero attached hydrogens (tertiary/aromatic N) is 3. The van der Waals surface area contributed by atoms with Crippen LogP contribution in [-0.4, -0.2) is 21.0 Å². The van der Waals surface area contributed by atoms with Gasteiger partial charge in [0.2, 0.25) is 0 Å². The molecule has 1 aliphatic rings. The van der Waals surface area contributed by atoms with Gasteiger partial charge >= 0.3 is 0 Å². The molecule has 1 aliphatic carbocycles. The number of fused-ring (bicyclic) bond motifs is 1. The molecule has 0 amide bonds. The summed E-state index contributed by atoms with van der Waals surface area (Å²) in [6.45, 7) is 0. The Bertz CT molecular complexity index is 795. The fourth-order valence-corrected chi connectivity index (χ4v) is 3.25. The molecule has 1 saturated carbocycles. The van der Waals surface area contributed by atoms with Gasteiger partial charge in [-0.2, -0.15) is 0 Å². The molecule has 1 fully saturated rings. The predicted octanol–water partition coefficient (Wildman–Crippen LogP) is 4.44. The maximum absolute atomic E-state index is 4.80. The van der Waals surface area contributed by atoms with E-state index < -0.39 is 0 Å². The Labute approximate surface area is 136 Å². The van der Waals surface area contributed by atoms with Gasteiger partial charge in [-0.15, -0.1) is 0 Å². The van der Waals surface area contributed by atoms with Crippen molar-refractivity contribution in [3.63, 3.8) is 0 Å². The summed E-state index contributed by atoms with van der Waals surface area (Å²) in [7, 11) is 0. The van der Waals surface area contributed by atoms with Crippen LogP contribution in [0.25, 0.3) is 22.3 Å². The lowest BCUT2D eigenvalue weighted by molar-refractivity contribution is 0.462. The van der Waals surface area contributed by atoms with Gasteiger partial charge in [-0.3, -0.25) is 4.98 Å². The predicted molar refractivity (Wildman–Crippen MR) is 93.3 cm³/mol. The molecule has 2 aromatic heterocycles. The zero-order chi connectivity index (χ0) is 15.5. The standard InChI is InChI=1S/C19H20N4/c1-2-8-15(9-3-1)21-19-16-10-4-5-11-17(16)22-18(23-19)14-7-6-12-20-13-14/h4-7,10-13,15H,1-3,8-9H2,(H,21,22,23). The lowest BCUT2D eigenvalue weighted by Crippen LogP contribution is -2.23. The average Bonchev–Trinajstić information content (AvgIpc) is 2.63. The van der Waals surface area contributed by atoms with Gasteiger partial charge in [0, 0.05) is 29.4 Å². The minimum Gasteiger partial charge on any atom is -0.367 e. The van der Waals surface area contributed by atoms with E-state index in [-0.39, 0.29) is 0 Å². The smallest absolute Gasteiger partial charge is 0.163 e. The van der Waals surface area contributed by atoms with E-state index in [0.29, 0.717) is 6.04 Å². The first-order chi connectivity index (χ1) is 11.4. The third kappa shape index (κ3) is 3.02. The summed E-state index contributed by atoms with van der Waals surface area (Å²) in [5, 5.41) is 4.75. The van der Waals surface area contributed by atoms with Crippen molar-refractivity contribution in [1.29, 1.82) is 0 Å². The molecule has 2 heterocycles. The largest absolute Gasteiger partial charge is 0.367 e. The van der Waals surface area contributed by atoms with Crippen molar-refractivity contribution in [2.45, 2.75) is 38.1 Å². The Morgan fingerprint density at radius 3 is 2.61 bits per heavy atom. The van der Waals surface area contributed by atoms with Crippen LogP contribution in [-0.2, 0) is 0 Å². The molecule has 4 rings (SSSR count). The molecule has 0 unspecified atom stereocenters. The van der Waals surface area contributed by atoms with Crippen molar-refractivity contribution >= 4 is 16.7 Å². The molecule has 0 radical (unpaired) electrons. The molecule has 0 aliphatic heterocycles. The summed E-state index contributed by atoms with van der Waals surface area (Å²) in [6, 6.07) is 12.6. The second kappa shape index (κ2) is 6.32. The topological polar surface area (TPSA) is 50.7 Å². The monoisotopic (exact) mass is 304 g/mol. The Morgan fingerprint density at radius 1 is 0.913 bits per heavy atom. The molecule has 3 aromatic rings. The number of aromatic nitrogens is 3. The van der Waals surface area contributed by atoms with Gasteiger partial charge in [-0.1, -0.05) is 31.4 Å². The number of benzene rings is 1. The van der Waals surface area contributed by atoms with E-state index >= 15 is 0 Å². The average molecular weight is 304 g/mol. The number of anilines is 1. The van der Waals surface area contributed by atoms with E-state index in [1.807, 2.05) is 36.5 Å². The molecule has 116 valence electrons. The van der Waals surface area contributed by atoms with Crippen LogP contribution in [0, 0.1) is 0 Å². The Balaban J connectivity index is 1.77. The summed E-state index contributed by atoms with van der Waals surface area (Å²) in [4.78, 5) is 13.7.